The van der Waals surface area contributed by atoms with Crippen molar-refractivity contribution in [1.82, 2.24) is 0 Å². The van der Waals surface area contributed by atoms with Gasteiger partial charge in [-0.1, -0.05) is 80.5 Å². The Balaban J connectivity index is 2.32. The van der Waals surface area contributed by atoms with Crippen molar-refractivity contribution in [2.75, 3.05) is 6.61 Å². The van der Waals surface area contributed by atoms with Crippen LogP contribution in [-0.4, -0.2) is 34.0 Å². The number of aryl methyl sites for hydroxylation is 1. The summed E-state index contributed by atoms with van der Waals surface area (Å²) in [5.74, 6) is 0.736. The van der Waals surface area contributed by atoms with Gasteiger partial charge >= 0.3 is 0 Å². The molecule has 1 aromatic carbocycles. The zero-order valence-corrected chi connectivity index (χ0v) is 28.4. The normalized spacial score (nSPS) is 20.6. The van der Waals surface area contributed by atoms with Crippen LogP contribution in [0.4, 0.5) is 0 Å². The van der Waals surface area contributed by atoms with Crippen molar-refractivity contribution in [3.8, 4) is 5.75 Å². The van der Waals surface area contributed by atoms with Crippen LogP contribution in [0.25, 0.3) is 0 Å². The lowest BCUT2D eigenvalue weighted by molar-refractivity contribution is 0.0310. The molecule has 0 fully saturated rings. The van der Waals surface area contributed by atoms with Crippen LogP contribution < -0.4 is 4.74 Å². The molecule has 0 spiro atoms. The molecule has 8 heteroatoms. The van der Waals surface area contributed by atoms with Crippen LogP contribution in [0.2, 0.25) is 18.1 Å². The Morgan fingerprint density at radius 2 is 1.65 bits per heavy atom. The quantitative estimate of drug-likeness (QED) is 0.201. The van der Waals surface area contributed by atoms with Crippen molar-refractivity contribution in [1.29, 1.82) is 0 Å². The molecule has 3 unspecified atom stereocenters. The molecule has 1 aliphatic heterocycles. The van der Waals surface area contributed by atoms with E-state index in [1.54, 1.807) is 0 Å². The van der Waals surface area contributed by atoms with Crippen molar-refractivity contribution in [3.63, 3.8) is 0 Å². The summed E-state index contributed by atoms with van der Waals surface area (Å²) in [6.45, 7) is 26.9. The van der Waals surface area contributed by atoms with Gasteiger partial charge in [-0.05, 0) is 65.4 Å². The van der Waals surface area contributed by atoms with Crippen LogP contribution in [-0.2, 0) is 18.9 Å². The zero-order chi connectivity index (χ0) is 28.6. The van der Waals surface area contributed by atoms with E-state index in [0.29, 0.717) is 6.61 Å². The van der Waals surface area contributed by atoms with Crippen LogP contribution in [0.1, 0.15) is 86.3 Å². The molecule has 37 heavy (non-hydrogen) atoms. The summed E-state index contributed by atoms with van der Waals surface area (Å²) < 4.78 is 36.9. The molecule has 0 saturated carbocycles. The predicted octanol–water partition coefficient (Wildman–Crippen LogP) is 9.03. The van der Waals surface area contributed by atoms with Gasteiger partial charge in [0.05, 0.1) is 6.10 Å². The highest BCUT2D eigenvalue weighted by Gasteiger charge is 2.44. The van der Waals surface area contributed by atoms with E-state index in [4.69, 9.17) is 19.8 Å². The molecule has 0 saturated heterocycles. The summed E-state index contributed by atoms with van der Waals surface area (Å²) in [6, 6.07) is 6.42. The second-order valence-electron chi connectivity index (χ2n) is 13.2. The van der Waals surface area contributed by atoms with Crippen LogP contribution in [0.15, 0.2) is 29.2 Å². The topological polar surface area (TPSA) is 52.6 Å². The molecular weight excluding hydrogens is 540 g/mol. The van der Waals surface area contributed by atoms with E-state index >= 15 is 0 Å². The van der Waals surface area contributed by atoms with Gasteiger partial charge in [-0.15, -0.1) is 11.8 Å². The van der Waals surface area contributed by atoms with Gasteiger partial charge in [0.2, 0.25) is 9.05 Å². The van der Waals surface area contributed by atoms with E-state index in [2.05, 4.69) is 99.7 Å². The third-order valence-corrected chi connectivity index (χ3v) is 17.2. The van der Waals surface area contributed by atoms with E-state index in [0.717, 1.165) is 29.1 Å². The first-order chi connectivity index (χ1) is 16.7. The minimum Gasteiger partial charge on any atom is -0.491 e. The second-order valence-corrected chi connectivity index (χ2v) is 22.2. The first-order valence-electron chi connectivity index (χ1n) is 13.4. The van der Waals surface area contributed by atoms with Crippen molar-refractivity contribution < 1.29 is 17.6 Å². The van der Waals surface area contributed by atoms with E-state index in [-0.39, 0.29) is 27.9 Å². The average molecular weight is 589 g/mol. The van der Waals surface area contributed by atoms with Crippen molar-refractivity contribution >= 4 is 39.8 Å². The number of hydrogen-bond donors (Lipinski definition) is 0. The number of benzene rings is 1. The Kier molecular flexibility index (Phi) is 10.2. The third kappa shape index (κ3) is 7.39. The lowest BCUT2D eigenvalue weighted by Gasteiger charge is -2.43. The number of halogens is 1. The molecule has 0 N–H and O–H groups in total. The molecule has 1 aromatic rings. The number of hydrogen-bond acceptors (Lipinski definition) is 5. The fourth-order valence-corrected chi connectivity index (χ4v) is 9.72. The number of thioether (sulfide) groups is 1. The molecule has 0 aliphatic carbocycles. The molecular formula is C29H49ClO4S2Si. The Bertz CT molecular complexity index is 1080. The lowest BCUT2D eigenvalue weighted by Crippen LogP contribution is -2.49. The molecule has 212 valence electrons. The molecule has 0 amide bonds. The average Bonchev–Trinajstić information content (AvgIpc) is 3.14. The second kappa shape index (κ2) is 11.6. The third-order valence-electron chi connectivity index (χ3n) is 8.37. The maximum Gasteiger partial charge on any atom is 0.245 e. The number of ether oxygens (including phenoxy) is 1. The van der Waals surface area contributed by atoms with Gasteiger partial charge in [0.15, 0.2) is 8.32 Å². The molecule has 0 aromatic heterocycles. The zero-order valence-electron chi connectivity index (χ0n) is 25.0. The fraction of sp³-hybridized carbons (Fsp3) is 0.724. The predicted molar refractivity (Wildman–Crippen MR) is 164 cm³/mol. The van der Waals surface area contributed by atoms with E-state index in [9.17, 15) is 8.42 Å². The summed E-state index contributed by atoms with van der Waals surface area (Å²) in [5.41, 5.74) is 1.95. The summed E-state index contributed by atoms with van der Waals surface area (Å²) in [6.07, 6.45) is 3.83. The summed E-state index contributed by atoms with van der Waals surface area (Å²) in [5, 5.41) is 0.129. The van der Waals surface area contributed by atoms with E-state index < -0.39 is 22.0 Å². The fourth-order valence-electron chi connectivity index (χ4n) is 4.59. The van der Waals surface area contributed by atoms with Gasteiger partial charge in [0.1, 0.15) is 16.9 Å². The van der Waals surface area contributed by atoms with Gasteiger partial charge in [-0.2, -0.15) is 0 Å². The largest absolute Gasteiger partial charge is 0.491 e. The number of rotatable bonds is 10. The Morgan fingerprint density at radius 3 is 2.05 bits per heavy atom. The van der Waals surface area contributed by atoms with E-state index in [1.165, 1.54) is 17.3 Å². The van der Waals surface area contributed by atoms with Gasteiger partial charge in [0, 0.05) is 22.0 Å². The molecule has 2 rings (SSSR count). The highest BCUT2D eigenvalue weighted by Crippen LogP contribution is 2.53. The lowest BCUT2D eigenvalue weighted by atomic mass is 9.74. The first kappa shape index (κ1) is 32.7. The summed E-state index contributed by atoms with van der Waals surface area (Å²) in [7, 11) is 0.170. The SMILES string of the molecule is CCC(CC)(C1=CC(C)C(S(=O)(=O)Cl)S1)c1ccc(OCC(O[Si](C)(C)C(C)(C)C)C(C)(C)C)c(C)c1. The van der Waals surface area contributed by atoms with Gasteiger partial charge in [-0.3, -0.25) is 0 Å². The standard InChI is InChI=1S/C29H49ClO4S2Si/c1-13-29(14-2,25-18-21(4)26(35-25)36(30,31)32)22-15-16-23(20(3)17-22)33-19-24(27(5,6)7)34-37(11,12)28(8,9)10/h15-18,21,24,26H,13-14,19H2,1-12H3. The Hall–Kier alpha value is -0.473. The van der Waals surface area contributed by atoms with Crippen LogP contribution in [0.3, 0.4) is 0 Å². The maximum absolute atomic E-state index is 12.2. The smallest absolute Gasteiger partial charge is 0.245 e. The van der Waals surface area contributed by atoms with Crippen LogP contribution in [0.5, 0.6) is 5.75 Å². The molecule has 1 heterocycles. The van der Waals surface area contributed by atoms with Crippen LogP contribution >= 0.6 is 22.4 Å². The number of allylic oxidation sites excluding steroid dienone is 2. The molecule has 4 nitrogen and oxygen atoms in total. The van der Waals surface area contributed by atoms with E-state index in [1.807, 2.05) is 6.92 Å². The summed E-state index contributed by atoms with van der Waals surface area (Å²) >= 11 is 1.41. The maximum atomic E-state index is 12.2. The minimum absolute atomic E-state index is 0.0196. The molecule has 0 radical (unpaired) electrons. The van der Waals surface area contributed by atoms with Gasteiger partial charge < -0.3 is 9.16 Å². The summed E-state index contributed by atoms with van der Waals surface area (Å²) in [4.78, 5) is 1.10. The Labute approximate surface area is 236 Å². The first-order valence-corrected chi connectivity index (χ1v) is 19.6. The molecule has 0 bridgehead atoms. The molecule has 1 aliphatic rings. The molecule has 3 atom stereocenters. The van der Waals surface area contributed by atoms with Gasteiger partial charge in [-0.25, -0.2) is 8.42 Å². The van der Waals surface area contributed by atoms with Crippen molar-refractivity contribution in [3.05, 3.63) is 40.3 Å². The highest BCUT2D eigenvalue weighted by atomic mass is 35.7. The van der Waals surface area contributed by atoms with Crippen molar-refractivity contribution in [2.24, 2.45) is 11.3 Å². The van der Waals surface area contributed by atoms with Crippen molar-refractivity contribution in [2.45, 2.75) is 116 Å². The minimum atomic E-state index is -3.65. The van der Waals surface area contributed by atoms with Crippen LogP contribution in [0, 0.1) is 18.3 Å². The Morgan fingerprint density at radius 1 is 1.08 bits per heavy atom. The highest BCUT2D eigenvalue weighted by molar-refractivity contribution is 8.25. The monoisotopic (exact) mass is 588 g/mol. The van der Waals surface area contributed by atoms with Gasteiger partial charge in [0.25, 0.3) is 0 Å².